The Morgan fingerprint density at radius 2 is 1.76 bits per heavy atom. The van der Waals surface area contributed by atoms with Crippen LogP contribution in [0.1, 0.15) is 30.5 Å². The average molecular weight is 350 g/mol. The number of hydrazine groups is 1. The van der Waals surface area contributed by atoms with E-state index in [0.29, 0.717) is 6.29 Å². The molecule has 1 heterocycles. The molecule has 1 atom stereocenters. The molecule has 0 spiro atoms. The molecule has 0 fully saturated rings. The summed E-state index contributed by atoms with van der Waals surface area (Å²) in [5.74, 6) is -0.170. The van der Waals surface area contributed by atoms with Gasteiger partial charge < -0.3 is 14.9 Å². The van der Waals surface area contributed by atoms with Gasteiger partial charge in [0, 0.05) is 17.2 Å². The fraction of sp³-hybridized carbons (Fsp3) is 0.278. The quantitative estimate of drug-likeness (QED) is 0.831. The highest BCUT2D eigenvalue weighted by Crippen LogP contribution is 2.49. The largest absolute Gasteiger partial charge is 0.508 e. The number of fused-ring (bicyclic) bond motifs is 1. The van der Waals surface area contributed by atoms with Crippen LogP contribution in [-0.2, 0) is 16.5 Å². The Morgan fingerprint density at radius 3 is 2.32 bits per heavy atom. The van der Waals surface area contributed by atoms with E-state index in [9.17, 15) is 23.1 Å². The summed E-state index contributed by atoms with van der Waals surface area (Å²) < 4.78 is 40.6. The molecular formula is C18H17F3N2O2. The number of anilines is 1. The van der Waals surface area contributed by atoms with Gasteiger partial charge >= 0.3 is 6.18 Å². The van der Waals surface area contributed by atoms with Crippen LogP contribution in [0.2, 0.25) is 0 Å². The number of aromatic hydroxyl groups is 1. The highest BCUT2D eigenvalue weighted by Gasteiger charge is 2.50. The smallest absolute Gasteiger partial charge is 0.418 e. The summed E-state index contributed by atoms with van der Waals surface area (Å²) in [5.41, 5.74) is 0.740. The number of para-hydroxylation sites is 2. The third-order valence-electron chi connectivity index (χ3n) is 4.33. The first-order valence-corrected chi connectivity index (χ1v) is 7.75. The number of phenolic OH excluding ortho intramolecular Hbond substituents is 1. The van der Waals surface area contributed by atoms with Crippen molar-refractivity contribution in [2.75, 3.05) is 5.01 Å². The lowest BCUT2D eigenvalue weighted by Crippen LogP contribution is -2.50. The van der Waals surface area contributed by atoms with Crippen LogP contribution >= 0.6 is 0 Å². The summed E-state index contributed by atoms with van der Waals surface area (Å²) in [7, 11) is 0. The first-order valence-electron chi connectivity index (χ1n) is 7.75. The van der Waals surface area contributed by atoms with Crippen LogP contribution in [0, 0.1) is 0 Å². The van der Waals surface area contributed by atoms with Gasteiger partial charge in [-0.3, -0.25) is 0 Å². The maximum atomic E-state index is 13.5. The third-order valence-corrected chi connectivity index (χ3v) is 4.33. The Kier molecular flexibility index (Phi) is 3.99. The van der Waals surface area contributed by atoms with Crippen molar-refractivity contribution < 1.29 is 23.1 Å². The minimum atomic E-state index is -4.57. The predicted molar refractivity (Wildman–Crippen MR) is 87.1 cm³/mol. The molecule has 7 heteroatoms. The first-order chi connectivity index (χ1) is 11.7. The van der Waals surface area contributed by atoms with Crippen molar-refractivity contribution in [2.24, 2.45) is 0 Å². The summed E-state index contributed by atoms with van der Waals surface area (Å²) in [6.07, 6.45) is -4.04. The summed E-state index contributed by atoms with van der Waals surface area (Å²) in [4.78, 5) is 12.1. The fourth-order valence-electron chi connectivity index (χ4n) is 3.21. The molecule has 0 saturated heterocycles. The van der Waals surface area contributed by atoms with Crippen LogP contribution in [0.15, 0.2) is 42.5 Å². The molecule has 1 aliphatic heterocycles. The number of aldehydes is 1. The molecule has 1 aliphatic rings. The van der Waals surface area contributed by atoms with Crippen LogP contribution < -0.4 is 10.4 Å². The lowest BCUT2D eigenvalue weighted by Gasteiger charge is -2.30. The van der Waals surface area contributed by atoms with Gasteiger partial charge in [0.1, 0.15) is 11.3 Å². The zero-order valence-electron chi connectivity index (χ0n) is 13.6. The van der Waals surface area contributed by atoms with E-state index in [1.165, 1.54) is 29.3 Å². The Bertz CT molecular complexity index is 820. The van der Waals surface area contributed by atoms with Crippen molar-refractivity contribution in [1.29, 1.82) is 0 Å². The molecular weight excluding hydrogens is 333 g/mol. The van der Waals surface area contributed by atoms with Gasteiger partial charge in [-0.1, -0.05) is 30.3 Å². The molecule has 0 bridgehead atoms. The molecule has 2 aromatic rings. The Hall–Kier alpha value is -2.54. The lowest BCUT2D eigenvalue weighted by atomic mass is 9.83. The van der Waals surface area contributed by atoms with E-state index in [0.717, 1.165) is 6.07 Å². The molecule has 0 radical (unpaired) electrons. The summed E-state index contributed by atoms with van der Waals surface area (Å²) in [6, 6.07) is 9.49. The van der Waals surface area contributed by atoms with Crippen molar-refractivity contribution in [3.05, 3.63) is 59.2 Å². The number of nitrogens with zero attached hydrogens (tertiary/aromatic N) is 1. The standard InChI is InChI=1S/C18H17F3N2O2/c1-11(2)23-16-13(7-5-8-14(16)18(19,20)21)17(10-24,22-23)12-6-3-4-9-15(12)25/h3-11,22,25H,1-2H3. The van der Waals surface area contributed by atoms with Gasteiger partial charge in [0.25, 0.3) is 0 Å². The molecule has 132 valence electrons. The maximum Gasteiger partial charge on any atom is 0.418 e. The molecule has 2 N–H and O–H groups in total. The van der Waals surface area contributed by atoms with Gasteiger partial charge in [0.2, 0.25) is 0 Å². The molecule has 0 aromatic heterocycles. The Balaban J connectivity index is 2.35. The van der Waals surface area contributed by atoms with Crippen molar-refractivity contribution in [1.82, 2.24) is 5.43 Å². The van der Waals surface area contributed by atoms with E-state index in [-0.39, 0.29) is 28.6 Å². The van der Waals surface area contributed by atoms with Crippen LogP contribution in [0.3, 0.4) is 0 Å². The van der Waals surface area contributed by atoms with Gasteiger partial charge in [0.15, 0.2) is 6.29 Å². The monoisotopic (exact) mass is 350 g/mol. The highest BCUT2D eigenvalue weighted by atomic mass is 19.4. The van der Waals surface area contributed by atoms with Gasteiger partial charge in [-0.15, -0.1) is 0 Å². The summed E-state index contributed by atoms with van der Waals surface area (Å²) >= 11 is 0. The van der Waals surface area contributed by atoms with Gasteiger partial charge in [-0.25, -0.2) is 5.43 Å². The summed E-state index contributed by atoms with van der Waals surface area (Å²) in [5, 5.41) is 11.5. The molecule has 0 aliphatic carbocycles. The van der Waals surface area contributed by atoms with Gasteiger partial charge in [-0.05, 0) is 26.0 Å². The lowest BCUT2D eigenvalue weighted by molar-refractivity contribution is -0.137. The fourth-order valence-corrected chi connectivity index (χ4v) is 3.21. The first kappa shape index (κ1) is 17.3. The number of phenols is 1. The van der Waals surface area contributed by atoms with E-state index in [1.54, 1.807) is 26.0 Å². The average Bonchev–Trinajstić information content (AvgIpc) is 2.90. The van der Waals surface area contributed by atoms with Gasteiger partial charge in [0.05, 0.1) is 11.3 Å². The Morgan fingerprint density at radius 1 is 1.12 bits per heavy atom. The molecule has 4 nitrogen and oxygen atoms in total. The minimum absolute atomic E-state index is 0.0969. The van der Waals surface area contributed by atoms with Crippen LogP contribution in [0.5, 0.6) is 5.75 Å². The molecule has 25 heavy (non-hydrogen) atoms. The van der Waals surface area contributed by atoms with Crippen molar-refractivity contribution in [2.45, 2.75) is 31.6 Å². The number of benzene rings is 2. The second-order valence-electron chi connectivity index (χ2n) is 6.22. The number of alkyl halides is 3. The SMILES string of the molecule is CC(C)N1NC(C=O)(c2ccccc2O)c2cccc(C(F)(F)F)c21. The number of halogens is 3. The maximum absolute atomic E-state index is 13.5. The number of rotatable bonds is 3. The summed E-state index contributed by atoms with van der Waals surface area (Å²) in [6.45, 7) is 3.44. The Labute approximate surface area is 142 Å². The van der Waals surface area contributed by atoms with E-state index in [1.807, 2.05) is 0 Å². The second kappa shape index (κ2) is 5.77. The predicted octanol–water partition coefficient (Wildman–Crippen LogP) is 3.59. The minimum Gasteiger partial charge on any atom is -0.508 e. The van der Waals surface area contributed by atoms with E-state index >= 15 is 0 Å². The number of carbonyl (C=O) groups excluding carboxylic acids is 1. The number of hydrogen-bond donors (Lipinski definition) is 2. The van der Waals surface area contributed by atoms with E-state index in [2.05, 4.69) is 5.43 Å². The number of nitrogens with one attached hydrogen (secondary N) is 1. The van der Waals surface area contributed by atoms with Crippen molar-refractivity contribution >= 4 is 12.0 Å². The molecule has 1 unspecified atom stereocenters. The van der Waals surface area contributed by atoms with Crippen molar-refractivity contribution in [3.63, 3.8) is 0 Å². The number of hydrogen-bond acceptors (Lipinski definition) is 4. The van der Waals surface area contributed by atoms with E-state index < -0.39 is 17.3 Å². The van der Waals surface area contributed by atoms with Gasteiger partial charge in [-0.2, -0.15) is 13.2 Å². The van der Waals surface area contributed by atoms with Crippen LogP contribution in [0.25, 0.3) is 0 Å². The topological polar surface area (TPSA) is 52.6 Å². The zero-order chi connectivity index (χ0) is 18.4. The third kappa shape index (κ3) is 2.55. The molecule has 2 aromatic carbocycles. The van der Waals surface area contributed by atoms with Crippen molar-refractivity contribution in [3.8, 4) is 5.75 Å². The zero-order valence-corrected chi connectivity index (χ0v) is 13.6. The highest BCUT2D eigenvalue weighted by molar-refractivity contribution is 5.85. The number of carbonyl (C=O) groups is 1. The molecule has 3 rings (SSSR count). The van der Waals surface area contributed by atoms with Crippen LogP contribution in [-0.4, -0.2) is 17.4 Å². The molecule has 0 saturated carbocycles. The molecule has 0 amide bonds. The normalized spacial score (nSPS) is 20.0. The second-order valence-corrected chi connectivity index (χ2v) is 6.22. The van der Waals surface area contributed by atoms with E-state index in [4.69, 9.17) is 0 Å². The van der Waals surface area contributed by atoms with Crippen LogP contribution in [0.4, 0.5) is 18.9 Å².